The highest BCUT2D eigenvalue weighted by molar-refractivity contribution is 6.33. The molecule has 2 rings (SSSR count). The van der Waals surface area contributed by atoms with Crippen molar-refractivity contribution in [2.75, 3.05) is 6.54 Å². The average molecular weight is 286 g/mol. The quantitative estimate of drug-likeness (QED) is 0.769. The maximum absolute atomic E-state index is 6.33. The zero-order valence-corrected chi connectivity index (χ0v) is 12.4. The van der Waals surface area contributed by atoms with Gasteiger partial charge in [-0.2, -0.15) is 0 Å². The van der Waals surface area contributed by atoms with Crippen LogP contribution in [0.1, 0.15) is 50.5 Å². The Morgan fingerprint density at radius 2 is 2.00 bits per heavy atom. The third kappa shape index (κ3) is 3.63. The fourth-order valence-corrected chi connectivity index (χ4v) is 3.40. The summed E-state index contributed by atoms with van der Waals surface area (Å²) >= 11 is 12.4. The predicted molar refractivity (Wildman–Crippen MR) is 79.8 cm³/mol. The maximum atomic E-state index is 6.33. The highest BCUT2D eigenvalue weighted by Crippen LogP contribution is 2.36. The van der Waals surface area contributed by atoms with Crippen LogP contribution in [0, 0.1) is 0 Å². The van der Waals surface area contributed by atoms with E-state index in [-0.39, 0.29) is 0 Å². The molecule has 0 aromatic heterocycles. The Morgan fingerprint density at radius 1 is 1.22 bits per heavy atom. The summed E-state index contributed by atoms with van der Waals surface area (Å²) in [6, 6.07) is 6.46. The third-order valence-corrected chi connectivity index (χ3v) is 4.39. The van der Waals surface area contributed by atoms with Gasteiger partial charge in [0.05, 0.1) is 0 Å². The van der Waals surface area contributed by atoms with E-state index in [1.165, 1.54) is 37.7 Å². The molecule has 3 heteroatoms. The lowest BCUT2D eigenvalue weighted by molar-refractivity contribution is 0.449. The molecular weight excluding hydrogens is 265 g/mol. The summed E-state index contributed by atoms with van der Waals surface area (Å²) in [4.78, 5) is 0. The molecule has 0 amide bonds. The number of hydrogen-bond acceptors (Lipinski definition) is 1. The highest BCUT2D eigenvalue weighted by Gasteiger charge is 2.22. The van der Waals surface area contributed by atoms with Gasteiger partial charge in [0, 0.05) is 16.1 Å². The van der Waals surface area contributed by atoms with Crippen molar-refractivity contribution >= 4 is 23.2 Å². The lowest BCUT2D eigenvalue weighted by atomic mass is 9.90. The zero-order chi connectivity index (χ0) is 13.0. The van der Waals surface area contributed by atoms with Gasteiger partial charge in [0.2, 0.25) is 0 Å². The molecule has 0 aliphatic heterocycles. The first kappa shape index (κ1) is 14.2. The van der Waals surface area contributed by atoms with E-state index in [1.807, 2.05) is 18.2 Å². The van der Waals surface area contributed by atoms with Gasteiger partial charge in [-0.25, -0.2) is 0 Å². The van der Waals surface area contributed by atoms with Crippen molar-refractivity contribution < 1.29 is 0 Å². The molecule has 1 N–H and O–H groups in total. The van der Waals surface area contributed by atoms with E-state index in [1.54, 1.807) is 0 Å². The third-order valence-electron chi connectivity index (χ3n) is 3.81. The van der Waals surface area contributed by atoms with Crippen LogP contribution in [0.3, 0.4) is 0 Å². The maximum Gasteiger partial charge on any atom is 0.0441 e. The smallest absolute Gasteiger partial charge is 0.0441 e. The van der Waals surface area contributed by atoms with Crippen LogP contribution in [0.15, 0.2) is 18.2 Å². The van der Waals surface area contributed by atoms with Gasteiger partial charge in [-0.05, 0) is 55.5 Å². The van der Waals surface area contributed by atoms with Gasteiger partial charge >= 0.3 is 0 Å². The minimum absolute atomic E-state index is 0.544. The van der Waals surface area contributed by atoms with Gasteiger partial charge in [0.1, 0.15) is 0 Å². The lowest BCUT2D eigenvalue weighted by Crippen LogP contribution is -2.29. The molecule has 0 saturated heterocycles. The topological polar surface area (TPSA) is 12.0 Å². The summed E-state index contributed by atoms with van der Waals surface area (Å²) in [5.41, 5.74) is 1.23. The molecule has 1 aromatic carbocycles. The van der Waals surface area contributed by atoms with Crippen molar-refractivity contribution in [3.05, 3.63) is 33.8 Å². The van der Waals surface area contributed by atoms with Crippen LogP contribution in [-0.2, 0) is 0 Å². The zero-order valence-electron chi connectivity index (χ0n) is 10.9. The van der Waals surface area contributed by atoms with Crippen LogP contribution in [0.5, 0.6) is 0 Å². The minimum atomic E-state index is 0.544. The molecule has 18 heavy (non-hydrogen) atoms. The van der Waals surface area contributed by atoms with E-state index >= 15 is 0 Å². The van der Waals surface area contributed by atoms with E-state index < -0.39 is 0 Å². The standard InChI is InChI=1S/C15H21Cl2N/c1-2-18-13-6-4-3-5-11(9-13)14-10-12(16)7-8-15(14)17/h7-8,10-11,13,18H,2-6,9H2,1H3. The van der Waals surface area contributed by atoms with E-state index in [0.717, 1.165) is 16.6 Å². The van der Waals surface area contributed by atoms with E-state index in [9.17, 15) is 0 Å². The van der Waals surface area contributed by atoms with Gasteiger partial charge in [-0.1, -0.05) is 43.0 Å². The van der Waals surface area contributed by atoms with Gasteiger partial charge in [-0.15, -0.1) is 0 Å². The SMILES string of the molecule is CCNC1CCCCC(c2cc(Cl)ccc2Cl)C1. The number of hydrogen-bond donors (Lipinski definition) is 1. The minimum Gasteiger partial charge on any atom is -0.314 e. The second-order valence-corrected chi connectivity index (χ2v) is 5.98. The first-order valence-electron chi connectivity index (χ1n) is 6.89. The molecule has 0 radical (unpaired) electrons. The van der Waals surface area contributed by atoms with Crippen molar-refractivity contribution in [2.24, 2.45) is 0 Å². The normalized spacial score (nSPS) is 24.8. The van der Waals surface area contributed by atoms with Crippen molar-refractivity contribution in [1.82, 2.24) is 5.32 Å². The van der Waals surface area contributed by atoms with Crippen molar-refractivity contribution in [3.63, 3.8) is 0 Å². The number of rotatable bonds is 3. The fraction of sp³-hybridized carbons (Fsp3) is 0.600. The molecule has 1 nitrogen and oxygen atoms in total. The first-order valence-corrected chi connectivity index (χ1v) is 7.64. The van der Waals surface area contributed by atoms with E-state index in [2.05, 4.69) is 12.2 Å². The Kier molecular flexibility index (Phi) is 5.35. The second kappa shape index (κ2) is 6.79. The van der Waals surface area contributed by atoms with Crippen molar-refractivity contribution in [2.45, 2.75) is 51.0 Å². The molecule has 1 saturated carbocycles. The molecule has 100 valence electrons. The van der Waals surface area contributed by atoms with Crippen LogP contribution in [0.4, 0.5) is 0 Å². The second-order valence-electron chi connectivity index (χ2n) is 5.14. The molecular formula is C15H21Cl2N. The summed E-state index contributed by atoms with van der Waals surface area (Å²) in [6.45, 7) is 3.22. The van der Waals surface area contributed by atoms with Crippen LogP contribution in [0.25, 0.3) is 0 Å². The van der Waals surface area contributed by atoms with Crippen LogP contribution in [0.2, 0.25) is 10.0 Å². The molecule has 1 aromatic rings. The van der Waals surface area contributed by atoms with E-state index in [4.69, 9.17) is 23.2 Å². The van der Waals surface area contributed by atoms with E-state index in [0.29, 0.717) is 12.0 Å². The Hall–Kier alpha value is -0.240. The molecule has 1 fully saturated rings. The molecule has 2 unspecified atom stereocenters. The summed E-state index contributed by atoms with van der Waals surface area (Å²) in [7, 11) is 0. The molecule has 1 aliphatic carbocycles. The fourth-order valence-electron chi connectivity index (χ4n) is 2.94. The molecule has 0 spiro atoms. The van der Waals surface area contributed by atoms with Gasteiger partial charge in [0.15, 0.2) is 0 Å². The lowest BCUT2D eigenvalue weighted by Gasteiger charge is -2.22. The van der Waals surface area contributed by atoms with Gasteiger partial charge in [-0.3, -0.25) is 0 Å². The summed E-state index contributed by atoms with van der Waals surface area (Å²) < 4.78 is 0. The summed E-state index contributed by atoms with van der Waals surface area (Å²) in [6.07, 6.45) is 6.28. The number of nitrogens with one attached hydrogen (secondary N) is 1. The first-order chi connectivity index (χ1) is 8.70. The van der Waals surface area contributed by atoms with Gasteiger partial charge in [0.25, 0.3) is 0 Å². The van der Waals surface area contributed by atoms with Crippen LogP contribution in [-0.4, -0.2) is 12.6 Å². The Bertz CT molecular complexity index is 392. The Morgan fingerprint density at radius 3 is 2.78 bits per heavy atom. The largest absolute Gasteiger partial charge is 0.314 e. The van der Waals surface area contributed by atoms with Crippen molar-refractivity contribution in [3.8, 4) is 0 Å². The Labute approximate surface area is 120 Å². The molecule has 1 aliphatic rings. The highest BCUT2D eigenvalue weighted by atomic mass is 35.5. The monoisotopic (exact) mass is 285 g/mol. The Balaban J connectivity index is 2.16. The van der Waals surface area contributed by atoms with Crippen LogP contribution >= 0.6 is 23.2 Å². The van der Waals surface area contributed by atoms with Crippen LogP contribution < -0.4 is 5.32 Å². The molecule has 2 atom stereocenters. The number of halogens is 2. The predicted octanol–water partition coefficient (Wildman–Crippen LogP) is 5.02. The molecule has 0 heterocycles. The van der Waals surface area contributed by atoms with Gasteiger partial charge < -0.3 is 5.32 Å². The molecule has 0 bridgehead atoms. The average Bonchev–Trinajstić information content (AvgIpc) is 2.58. The van der Waals surface area contributed by atoms with Crippen molar-refractivity contribution in [1.29, 1.82) is 0 Å². The summed E-state index contributed by atoms with van der Waals surface area (Å²) in [5.74, 6) is 0.544. The number of benzene rings is 1. The summed E-state index contributed by atoms with van der Waals surface area (Å²) in [5, 5.41) is 5.24.